The predicted octanol–water partition coefficient (Wildman–Crippen LogP) is 4.19. The summed E-state index contributed by atoms with van der Waals surface area (Å²) in [5.41, 5.74) is 7.10. The third kappa shape index (κ3) is 3.00. The highest BCUT2D eigenvalue weighted by molar-refractivity contribution is 6.31. The molecule has 0 amide bonds. The first-order valence-electron chi connectivity index (χ1n) is 5.57. The summed E-state index contributed by atoms with van der Waals surface area (Å²) in [5.74, 6) is 0.0753. The lowest BCUT2D eigenvalue weighted by molar-refractivity contribution is 0.407. The normalized spacial score (nSPS) is 12.3. The van der Waals surface area contributed by atoms with Gasteiger partial charge in [0.1, 0.15) is 11.6 Å². The fourth-order valence-electron chi connectivity index (χ4n) is 1.86. The molecule has 0 heterocycles. The molecule has 0 fully saturated rings. The van der Waals surface area contributed by atoms with Gasteiger partial charge in [-0.2, -0.15) is 0 Å². The van der Waals surface area contributed by atoms with Crippen molar-refractivity contribution in [2.24, 2.45) is 5.73 Å². The highest BCUT2D eigenvalue weighted by Gasteiger charge is 2.18. The van der Waals surface area contributed by atoms with Crippen LogP contribution in [0.3, 0.4) is 0 Å². The molecule has 19 heavy (non-hydrogen) atoms. The Morgan fingerprint density at radius 2 is 1.63 bits per heavy atom. The van der Waals surface area contributed by atoms with Crippen LogP contribution < -0.4 is 10.5 Å². The van der Waals surface area contributed by atoms with E-state index in [4.69, 9.17) is 33.7 Å². The highest BCUT2D eigenvalue weighted by atomic mass is 35.5. The molecule has 0 aliphatic rings. The lowest BCUT2D eigenvalue weighted by Crippen LogP contribution is -2.14. The smallest absolute Gasteiger partial charge is 0.129 e. The van der Waals surface area contributed by atoms with Crippen LogP contribution in [-0.4, -0.2) is 7.11 Å². The van der Waals surface area contributed by atoms with Gasteiger partial charge in [-0.15, -0.1) is 0 Å². The minimum atomic E-state index is -0.649. The third-order valence-electron chi connectivity index (χ3n) is 2.83. The lowest BCUT2D eigenvalue weighted by atomic mass is 9.98. The van der Waals surface area contributed by atoms with E-state index in [-0.39, 0.29) is 0 Å². The van der Waals surface area contributed by atoms with Crippen LogP contribution in [0.25, 0.3) is 0 Å². The Morgan fingerprint density at radius 1 is 1.05 bits per heavy atom. The Labute approximate surface area is 120 Å². The summed E-state index contributed by atoms with van der Waals surface area (Å²) in [4.78, 5) is 0. The quantitative estimate of drug-likeness (QED) is 0.922. The van der Waals surface area contributed by atoms with Crippen molar-refractivity contribution >= 4 is 23.2 Å². The highest BCUT2D eigenvalue weighted by Crippen LogP contribution is 2.32. The molecule has 2 N–H and O–H groups in total. The number of methoxy groups -OCH3 is 1. The number of hydrogen-bond donors (Lipinski definition) is 1. The maximum absolute atomic E-state index is 13.9. The average molecular weight is 300 g/mol. The molecule has 0 aliphatic heterocycles. The standard InChI is InChI=1S/C14H12Cl2FNO/c1-19-13-7-9(16)3-5-11(13)14(18)10-4-2-8(15)6-12(10)17/h2-7,14H,18H2,1H3. The van der Waals surface area contributed by atoms with Crippen LogP contribution in [0, 0.1) is 5.82 Å². The minimum Gasteiger partial charge on any atom is -0.496 e. The molecule has 0 saturated heterocycles. The average Bonchev–Trinajstić information content (AvgIpc) is 2.37. The van der Waals surface area contributed by atoms with Crippen molar-refractivity contribution < 1.29 is 9.13 Å². The van der Waals surface area contributed by atoms with E-state index in [9.17, 15) is 4.39 Å². The second-order valence-corrected chi connectivity index (χ2v) is 4.90. The Balaban J connectivity index is 2.46. The van der Waals surface area contributed by atoms with Crippen LogP contribution in [0.5, 0.6) is 5.75 Å². The number of nitrogens with two attached hydrogens (primary N) is 1. The Morgan fingerprint density at radius 3 is 2.21 bits per heavy atom. The largest absolute Gasteiger partial charge is 0.496 e. The van der Waals surface area contributed by atoms with E-state index in [1.54, 1.807) is 30.3 Å². The van der Waals surface area contributed by atoms with Gasteiger partial charge >= 0.3 is 0 Å². The van der Waals surface area contributed by atoms with Gasteiger partial charge in [-0.1, -0.05) is 35.3 Å². The predicted molar refractivity (Wildman–Crippen MR) is 75.4 cm³/mol. The summed E-state index contributed by atoms with van der Waals surface area (Å²) in [6.07, 6.45) is 0. The molecular weight excluding hydrogens is 288 g/mol. The molecule has 100 valence electrons. The van der Waals surface area contributed by atoms with Crippen LogP contribution >= 0.6 is 23.2 Å². The molecule has 2 aromatic rings. The van der Waals surface area contributed by atoms with Gasteiger partial charge in [-0.25, -0.2) is 4.39 Å². The van der Waals surface area contributed by atoms with E-state index < -0.39 is 11.9 Å². The summed E-state index contributed by atoms with van der Waals surface area (Å²) in [6, 6.07) is 8.81. The number of ether oxygens (including phenoxy) is 1. The summed E-state index contributed by atoms with van der Waals surface area (Å²) < 4.78 is 19.1. The Kier molecular flexibility index (Phi) is 4.30. The minimum absolute atomic E-state index is 0.330. The molecular formula is C14H12Cl2FNO. The molecule has 2 rings (SSSR count). The number of benzene rings is 2. The molecule has 1 atom stereocenters. The molecule has 0 spiro atoms. The first kappa shape index (κ1) is 14.1. The van der Waals surface area contributed by atoms with E-state index in [0.29, 0.717) is 26.9 Å². The molecule has 0 aliphatic carbocycles. The molecule has 1 unspecified atom stereocenters. The summed E-state index contributed by atoms with van der Waals surface area (Å²) in [6.45, 7) is 0. The van der Waals surface area contributed by atoms with Crippen molar-refractivity contribution in [3.8, 4) is 5.75 Å². The van der Waals surface area contributed by atoms with Crippen molar-refractivity contribution in [1.82, 2.24) is 0 Å². The van der Waals surface area contributed by atoms with Crippen LogP contribution in [0.15, 0.2) is 36.4 Å². The number of hydrogen-bond acceptors (Lipinski definition) is 2. The topological polar surface area (TPSA) is 35.2 Å². The zero-order chi connectivity index (χ0) is 14.0. The van der Waals surface area contributed by atoms with E-state index >= 15 is 0 Å². The van der Waals surface area contributed by atoms with Gasteiger partial charge in [0, 0.05) is 21.2 Å². The van der Waals surface area contributed by atoms with Gasteiger partial charge in [0.05, 0.1) is 13.2 Å². The molecule has 0 aromatic heterocycles. The summed E-state index contributed by atoms with van der Waals surface area (Å²) in [7, 11) is 1.51. The second kappa shape index (κ2) is 5.78. The first-order chi connectivity index (χ1) is 9.02. The monoisotopic (exact) mass is 299 g/mol. The fourth-order valence-corrected chi connectivity index (χ4v) is 2.18. The van der Waals surface area contributed by atoms with E-state index in [1.165, 1.54) is 13.2 Å². The van der Waals surface area contributed by atoms with Crippen LogP contribution in [-0.2, 0) is 0 Å². The molecule has 0 bridgehead atoms. The molecule has 2 aromatic carbocycles. The van der Waals surface area contributed by atoms with Gasteiger partial charge in [0.15, 0.2) is 0 Å². The second-order valence-electron chi connectivity index (χ2n) is 4.03. The Hall–Kier alpha value is -1.29. The van der Waals surface area contributed by atoms with Crippen molar-refractivity contribution in [3.05, 3.63) is 63.4 Å². The first-order valence-corrected chi connectivity index (χ1v) is 6.32. The van der Waals surface area contributed by atoms with Gasteiger partial charge in [-0.3, -0.25) is 0 Å². The number of halogens is 3. The van der Waals surface area contributed by atoms with Crippen molar-refractivity contribution in [3.63, 3.8) is 0 Å². The molecule has 5 heteroatoms. The Bertz CT molecular complexity index is 604. The molecule has 0 radical (unpaired) electrons. The SMILES string of the molecule is COc1cc(Cl)ccc1C(N)c1ccc(Cl)cc1F. The maximum Gasteiger partial charge on any atom is 0.129 e. The lowest BCUT2D eigenvalue weighted by Gasteiger charge is -2.17. The maximum atomic E-state index is 13.9. The third-order valence-corrected chi connectivity index (χ3v) is 3.30. The fraction of sp³-hybridized carbons (Fsp3) is 0.143. The van der Waals surface area contributed by atoms with Gasteiger partial charge in [0.25, 0.3) is 0 Å². The molecule has 2 nitrogen and oxygen atoms in total. The molecule has 0 saturated carbocycles. The van der Waals surface area contributed by atoms with Crippen LogP contribution in [0.4, 0.5) is 4.39 Å². The van der Waals surface area contributed by atoms with E-state index in [1.807, 2.05) is 0 Å². The summed E-state index contributed by atoms with van der Waals surface area (Å²) >= 11 is 11.6. The van der Waals surface area contributed by atoms with E-state index in [2.05, 4.69) is 0 Å². The van der Waals surface area contributed by atoms with Crippen molar-refractivity contribution in [2.75, 3.05) is 7.11 Å². The zero-order valence-corrected chi connectivity index (χ0v) is 11.7. The summed E-state index contributed by atoms with van der Waals surface area (Å²) in [5, 5.41) is 0.862. The van der Waals surface area contributed by atoms with Gasteiger partial charge in [-0.05, 0) is 24.3 Å². The van der Waals surface area contributed by atoms with E-state index in [0.717, 1.165) is 0 Å². The zero-order valence-electron chi connectivity index (χ0n) is 10.2. The van der Waals surface area contributed by atoms with Gasteiger partial charge in [0.2, 0.25) is 0 Å². The van der Waals surface area contributed by atoms with Crippen molar-refractivity contribution in [2.45, 2.75) is 6.04 Å². The van der Waals surface area contributed by atoms with Crippen molar-refractivity contribution in [1.29, 1.82) is 0 Å². The van der Waals surface area contributed by atoms with Crippen LogP contribution in [0.1, 0.15) is 17.2 Å². The van der Waals surface area contributed by atoms with Gasteiger partial charge < -0.3 is 10.5 Å². The number of rotatable bonds is 3. The van der Waals surface area contributed by atoms with Crippen LogP contribution in [0.2, 0.25) is 10.0 Å².